The Labute approximate surface area is 117 Å². The van der Waals surface area contributed by atoms with E-state index in [2.05, 4.69) is 6.92 Å². The first-order valence-corrected chi connectivity index (χ1v) is 7.15. The van der Waals surface area contributed by atoms with Gasteiger partial charge in [0.05, 0.1) is 0 Å². The summed E-state index contributed by atoms with van der Waals surface area (Å²) in [6.45, 7) is 6.08. The van der Waals surface area contributed by atoms with Gasteiger partial charge < -0.3 is 15.3 Å². The van der Waals surface area contributed by atoms with Crippen molar-refractivity contribution in [3.63, 3.8) is 0 Å². The molecule has 0 saturated heterocycles. The average molecular weight is 270 g/mol. The molecule has 0 atom stereocenters. The Bertz CT molecular complexity index is 255. The topological polar surface area (TPSA) is 60.7 Å². The highest BCUT2D eigenvalue weighted by molar-refractivity contribution is 5.25. The van der Waals surface area contributed by atoms with Gasteiger partial charge in [-0.25, -0.2) is 0 Å². The van der Waals surface area contributed by atoms with Gasteiger partial charge in [0.1, 0.15) is 5.75 Å². The highest BCUT2D eigenvalue weighted by Gasteiger charge is 1.93. The van der Waals surface area contributed by atoms with Gasteiger partial charge in [-0.05, 0) is 44.4 Å². The number of benzene rings is 1. The molecule has 3 N–H and O–H groups in total. The van der Waals surface area contributed by atoms with E-state index < -0.39 is 0 Å². The van der Waals surface area contributed by atoms with Crippen molar-refractivity contribution < 1.29 is 15.3 Å². The van der Waals surface area contributed by atoms with E-state index in [1.165, 1.54) is 31.2 Å². The van der Waals surface area contributed by atoms with E-state index in [9.17, 15) is 0 Å². The molecule has 0 aliphatic heterocycles. The minimum absolute atomic E-state index is 0.250. The predicted molar refractivity (Wildman–Crippen MR) is 81.5 cm³/mol. The molecule has 0 spiro atoms. The molecular formula is C16H30O3. The molecule has 0 unspecified atom stereocenters. The number of phenolic OH excluding ortho intramolecular Hbond substituents is 1. The van der Waals surface area contributed by atoms with Gasteiger partial charge in [-0.2, -0.15) is 0 Å². The molecule has 19 heavy (non-hydrogen) atoms. The third-order valence-corrected chi connectivity index (χ3v) is 2.26. The second kappa shape index (κ2) is 16.9. The zero-order valence-electron chi connectivity index (χ0n) is 12.6. The molecule has 0 amide bonds. The van der Waals surface area contributed by atoms with Crippen LogP contribution in [0.4, 0.5) is 0 Å². The molecule has 0 fully saturated rings. The fourth-order valence-electron chi connectivity index (χ4n) is 1.42. The number of phenols is 1. The van der Waals surface area contributed by atoms with Gasteiger partial charge in [0.2, 0.25) is 0 Å². The van der Waals surface area contributed by atoms with Crippen molar-refractivity contribution in [2.24, 2.45) is 0 Å². The van der Waals surface area contributed by atoms with Gasteiger partial charge in [-0.3, -0.25) is 0 Å². The van der Waals surface area contributed by atoms with Gasteiger partial charge in [-0.1, -0.05) is 38.3 Å². The summed E-state index contributed by atoms with van der Waals surface area (Å²) in [6.07, 6.45) is 6.34. The Morgan fingerprint density at radius 3 is 1.68 bits per heavy atom. The third-order valence-electron chi connectivity index (χ3n) is 2.26. The van der Waals surface area contributed by atoms with Crippen LogP contribution in [-0.2, 0) is 6.42 Å². The Morgan fingerprint density at radius 1 is 0.789 bits per heavy atom. The van der Waals surface area contributed by atoms with Crippen molar-refractivity contribution >= 4 is 0 Å². The minimum atomic E-state index is 0.250. The normalized spacial score (nSPS) is 8.89. The maximum Gasteiger partial charge on any atom is 0.115 e. The molecule has 0 bridgehead atoms. The molecule has 0 heterocycles. The van der Waals surface area contributed by atoms with Crippen molar-refractivity contribution in [1.29, 1.82) is 0 Å². The van der Waals surface area contributed by atoms with Crippen LogP contribution in [0.25, 0.3) is 0 Å². The Morgan fingerprint density at radius 2 is 1.26 bits per heavy atom. The van der Waals surface area contributed by atoms with Crippen LogP contribution in [0.1, 0.15) is 52.0 Å². The van der Waals surface area contributed by atoms with Crippen LogP contribution in [0, 0.1) is 0 Å². The van der Waals surface area contributed by atoms with Crippen molar-refractivity contribution in [3.05, 3.63) is 29.8 Å². The average Bonchev–Trinajstić information content (AvgIpc) is 2.39. The zero-order valence-corrected chi connectivity index (χ0v) is 12.6. The summed E-state index contributed by atoms with van der Waals surface area (Å²) in [6, 6.07) is 7.52. The molecule has 0 aliphatic carbocycles. The van der Waals surface area contributed by atoms with Gasteiger partial charge in [0.25, 0.3) is 0 Å². The Balaban J connectivity index is 0. The van der Waals surface area contributed by atoms with Crippen LogP contribution in [0.5, 0.6) is 5.75 Å². The summed E-state index contributed by atoms with van der Waals surface area (Å²) < 4.78 is 0. The smallest absolute Gasteiger partial charge is 0.115 e. The van der Waals surface area contributed by atoms with E-state index >= 15 is 0 Å². The SMILES string of the molecule is CCCCCCc1ccc(O)cc1.CCO.CCO. The largest absolute Gasteiger partial charge is 0.508 e. The van der Waals surface area contributed by atoms with E-state index in [4.69, 9.17) is 15.3 Å². The summed E-state index contributed by atoms with van der Waals surface area (Å²) >= 11 is 0. The third kappa shape index (κ3) is 16.9. The fourth-order valence-corrected chi connectivity index (χ4v) is 1.42. The van der Waals surface area contributed by atoms with Crippen molar-refractivity contribution in [1.82, 2.24) is 0 Å². The Kier molecular flexibility index (Phi) is 18.1. The second-order valence-electron chi connectivity index (χ2n) is 4.11. The second-order valence-corrected chi connectivity index (χ2v) is 4.11. The van der Waals surface area contributed by atoms with Crippen molar-refractivity contribution in [2.45, 2.75) is 52.9 Å². The maximum absolute atomic E-state index is 9.07. The van der Waals surface area contributed by atoms with Crippen LogP contribution in [0.2, 0.25) is 0 Å². The summed E-state index contributed by atoms with van der Waals surface area (Å²) in [7, 11) is 0. The predicted octanol–water partition coefficient (Wildman–Crippen LogP) is 3.51. The number of hydrogen-bond acceptors (Lipinski definition) is 3. The van der Waals surface area contributed by atoms with Gasteiger partial charge in [-0.15, -0.1) is 0 Å². The highest BCUT2D eigenvalue weighted by atomic mass is 16.3. The van der Waals surface area contributed by atoms with E-state index in [-0.39, 0.29) is 13.2 Å². The molecule has 0 radical (unpaired) electrons. The van der Waals surface area contributed by atoms with E-state index in [1.54, 1.807) is 26.0 Å². The van der Waals surface area contributed by atoms with Gasteiger partial charge in [0.15, 0.2) is 0 Å². The lowest BCUT2D eigenvalue weighted by Crippen LogP contribution is -1.84. The molecule has 1 aromatic rings. The lowest BCUT2D eigenvalue weighted by atomic mass is 10.1. The van der Waals surface area contributed by atoms with E-state index in [0.717, 1.165) is 6.42 Å². The van der Waals surface area contributed by atoms with E-state index in [0.29, 0.717) is 5.75 Å². The van der Waals surface area contributed by atoms with Gasteiger partial charge >= 0.3 is 0 Å². The van der Waals surface area contributed by atoms with Crippen LogP contribution in [-0.4, -0.2) is 28.5 Å². The summed E-state index contributed by atoms with van der Waals surface area (Å²) in [4.78, 5) is 0. The van der Waals surface area contributed by atoms with Crippen molar-refractivity contribution in [2.75, 3.05) is 13.2 Å². The van der Waals surface area contributed by atoms with Crippen LogP contribution < -0.4 is 0 Å². The Hall–Kier alpha value is -1.06. The number of aryl methyl sites for hydroxylation is 1. The molecule has 0 saturated carbocycles. The number of rotatable bonds is 5. The quantitative estimate of drug-likeness (QED) is 0.717. The first-order chi connectivity index (χ1) is 9.15. The lowest BCUT2D eigenvalue weighted by molar-refractivity contribution is 0.318. The van der Waals surface area contributed by atoms with Crippen LogP contribution >= 0.6 is 0 Å². The molecule has 3 nitrogen and oxygen atoms in total. The van der Waals surface area contributed by atoms with Crippen molar-refractivity contribution in [3.8, 4) is 5.75 Å². The first kappa shape index (κ1) is 20.3. The number of hydrogen-bond donors (Lipinski definition) is 3. The number of aliphatic hydroxyl groups is 2. The number of unbranched alkanes of at least 4 members (excludes halogenated alkanes) is 3. The van der Waals surface area contributed by atoms with Gasteiger partial charge in [0, 0.05) is 13.2 Å². The maximum atomic E-state index is 9.07. The monoisotopic (exact) mass is 270 g/mol. The summed E-state index contributed by atoms with van der Waals surface area (Å²) in [5.74, 6) is 0.359. The molecule has 3 heteroatoms. The molecule has 0 aromatic heterocycles. The lowest BCUT2D eigenvalue weighted by Gasteiger charge is -2.00. The van der Waals surface area contributed by atoms with Crippen LogP contribution in [0.3, 0.4) is 0 Å². The van der Waals surface area contributed by atoms with Crippen LogP contribution in [0.15, 0.2) is 24.3 Å². The summed E-state index contributed by atoms with van der Waals surface area (Å²) in [5.41, 5.74) is 1.33. The highest BCUT2D eigenvalue weighted by Crippen LogP contribution is 2.12. The summed E-state index contributed by atoms with van der Waals surface area (Å²) in [5, 5.41) is 24.2. The molecule has 1 aromatic carbocycles. The minimum Gasteiger partial charge on any atom is -0.508 e. The zero-order chi connectivity index (χ0) is 14.9. The molecule has 1 rings (SSSR count). The number of aliphatic hydroxyl groups excluding tert-OH is 2. The fraction of sp³-hybridized carbons (Fsp3) is 0.625. The van der Waals surface area contributed by atoms with E-state index in [1.807, 2.05) is 12.1 Å². The molecule has 112 valence electrons. The molecular weight excluding hydrogens is 240 g/mol. The number of aromatic hydroxyl groups is 1. The first-order valence-electron chi connectivity index (χ1n) is 7.15. The molecule has 0 aliphatic rings. The standard InChI is InChI=1S/C12H18O.2C2H6O/c1-2-3-4-5-6-11-7-9-12(13)10-8-11;2*1-2-3/h7-10,13H,2-6H2,1H3;2*3H,2H2,1H3.